The van der Waals surface area contributed by atoms with E-state index < -0.39 is 0 Å². The summed E-state index contributed by atoms with van der Waals surface area (Å²) in [6, 6.07) is 0. The summed E-state index contributed by atoms with van der Waals surface area (Å²) in [5, 5.41) is 3.15. The number of rotatable bonds is 8. The van der Waals surface area contributed by atoms with Crippen molar-refractivity contribution in [3.05, 3.63) is 0 Å². The molecule has 0 aliphatic carbocycles. The summed E-state index contributed by atoms with van der Waals surface area (Å²) < 4.78 is 11.4. The molecule has 1 aliphatic heterocycles. The van der Waals surface area contributed by atoms with Gasteiger partial charge in [0.05, 0.1) is 18.8 Å². The Morgan fingerprint density at radius 2 is 2.07 bits per heavy atom. The van der Waals surface area contributed by atoms with Gasteiger partial charge < -0.3 is 14.8 Å². The van der Waals surface area contributed by atoms with Crippen molar-refractivity contribution in [3.63, 3.8) is 0 Å². The highest BCUT2D eigenvalue weighted by Gasteiger charge is 2.24. The zero-order valence-electron chi connectivity index (χ0n) is 10.1. The van der Waals surface area contributed by atoms with E-state index in [4.69, 9.17) is 9.47 Å². The summed E-state index contributed by atoms with van der Waals surface area (Å²) in [4.78, 5) is 0. The molecule has 2 atom stereocenters. The number of ether oxygens (including phenoxy) is 2. The van der Waals surface area contributed by atoms with Crippen molar-refractivity contribution in [1.29, 1.82) is 0 Å². The molecule has 1 heterocycles. The van der Waals surface area contributed by atoms with Gasteiger partial charge in [0.2, 0.25) is 0 Å². The Balaban J connectivity index is 1.94. The smallest absolute Gasteiger partial charge is 0.0813 e. The molecule has 1 fully saturated rings. The maximum Gasteiger partial charge on any atom is 0.0813 e. The minimum Gasteiger partial charge on any atom is -0.379 e. The van der Waals surface area contributed by atoms with Crippen molar-refractivity contribution in [1.82, 2.24) is 5.32 Å². The standard InChI is InChI=1S/C12H25NO2/c1-3-4-5-8-14-10-12-7-6-11(15-12)9-13-2/h11-13H,3-10H2,1-2H3. The Hall–Kier alpha value is -0.120. The zero-order valence-corrected chi connectivity index (χ0v) is 10.1. The van der Waals surface area contributed by atoms with E-state index >= 15 is 0 Å². The first kappa shape index (κ1) is 12.9. The van der Waals surface area contributed by atoms with E-state index in [1.54, 1.807) is 0 Å². The Morgan fingerprint density at radius 1 is 1.27 bits per heavy atom. The van der Waals surface area contributed by atoms with Crippen LogP contribution in [-0.4, -0.2) is 39.0 Å². The molecule has 0 amide bonds. The van der Waals surface area contributed by atoms with Gasteiger partial charge in [-0.25, -0.2) is 0 Å². The van der Waals surface area contributed by atoms with Crippen LogP contribution in [-0.2, 0) is 9.47 Å². The summed E-state index contributed by atoms with van der Waals surface area (Å²) >= 11 is 0. The number of hydrogen-bond acceptors (Lipinski definition) is 3. The molecular formula is C12H25NO2. The molecule has 0 saturated carbocycles. The fraction of sp³-hybridized carbons (Fsp3) is 1.00. The lowest BCUT2D eigenvalue weighted by atomic mass is 10.2. The molecule has 1 aliphatic rings. The topological polar surface area (TPSA) is 30.5 Å². The van der Waals surface area contributed by atoms with Gasteiger partial charge in [-0.15, -0.1) is 0 Å². The molecule has 3 nitrogen and oxygen atoms in total. The minimum atomic E-state index is 0.338. The van der Waals surface area contributed by atoms with E-state index in [0.717, 1.165) is 26.2 Å². The molecule has 15 heavy (non-hydrogen) atoms. The van der Waals surface area contributed by atoms with E-state index in [1.807, 2.05) is 7.05 Å². The number of nitrogens with one attached hydrogen (secondary N) is 1. The van der Waals surface area contributed by atoms with Crippen molar-refractivity contribution in [2.75, 3.05) is 26.8 Å². The highest BCUT2D eigenvalue weighted by molar-refractivity contribution is 4.74. The van der Waals surface area contributed by atoms with Crippen molar-refractivity contribution >= 4 is 0 Å². The molecule has 3 heteroatoms. The largest absolute Gasteiger partial charge is 0.379 e. The highest BCUT2D eigenvalue weighted by Crippen LogP contribution is 2.19. The van der Waals surface area contributed by atoms with Crippen LogP contribution in [0.5, 0.6) is 0 Å². The zero-order chi connectivity index (χ0) is 10.9. The number of unbranched alkanes of at least 4 members (excludes halogenated alkanes) is 2. The van der Waals surface area contributed by atoms with E-state index in [0.29, 0.717) is 12.2 Å². The van der Waals surface area contributed by atoms with E-state index in [-0.39, 0.29) is 0 Å². The quantitative estimate of drug-likeness (QED) is 0.628. The Bertz CT molecular complexity index is 153. The lowest BCUT2D eigenvalue weighted by molar-refractivity contribution is -0.0144. The molecule has 0 aromatic carbocycles. The molecule has 0 spiro atoms. The van der Waals surface area contributed by atoms with Gasteiger partial charge in [-0.2, -0.15) is 0 Å². The van der Waals surface area contributed by atoms with E-state index in [2.05, 4.69) is 12.2 Å². The molecular weight excluding hydrogens is 190 g/mol. The monoisotopic (exact) mass is 215 g/mol. The van der Waals surface area contributed by atoms with Crippen LogP contribution in [0.1, 0.15) is 39.0 Å². The maximum absolute atomic E-state index is 5.82. The summed E-state index contributed by atoms with van der Waals surface area (Å²) in [5.41, 5.74) is 0. The molecule has 1 rings (SSSR count). The Kier molecular flexibility index (Phi) is 6.98. The summed E-state index contributed by atoms with van der Waals surface area (Å²) in [6.45, 7) is 4.85. The third-order valence-electron chi connectivity index (χ3n) is 2.82. The van der Waals surface area contributed by atoms with Crippen molar-refractivity contribution in [3.8, 4) is 0 Å². The van der Waals surface area contributed by atoms with Crippen LogP contribution in [0, 0.1) is 0 Å². The predicted molar refractivity (Wildman–Crippen MR) is 62.2 cm³/mol. The van der Waals surface area contributed by atoms with Gasteiger partial charge in [0.1, 0.15) is 0 Å². The van der Waals surface area contributed by atoms with Crippen LogP contribution in [0.15, 0.2) is 0 Å². The van der Waals surface area contributed by atoms with Crippen molar-refractivity contribution < 1.29 is 9.47 Å². The third-order valence-corrected chi connectivity index (χ3v) is 2.82. The van der Waals surface area contributed by atoms with Crippen LogP contribution < -0.4 is 5.32 Å². The van der Waals surface area contributed by atoms with Crippen LogP contribution >= 0.6 is 0 Å². The van der Waals surface area contributed by atoms with Gasteiger partial charge in [0.15, 0.2) is 0 Å². The predicted octanol–water partition coefficient (Wildman–Crippen LogP) is 1.96. The van der Waals surface area contributed by atoms with Gasteiger partial charge in [-0.05, 0) is 26.3 Å². The lowest BCUT2D eigenvalue weighted by Gasteiger charge is -2.13. The van der Waals surface area contributed by atoms with Gasteiger partial charge in [-0.1, -0.05) is 19.8 Å². The second-order valence-electron chi connectivity index (χ2n) is 4.30. The van der Waals surface area contributed by atoms with Crippen LogP contribution in [0.4, 0.5) is 0 Å². The Morgan fingerprint density at radius 3 is 2.80 bits per heavy atom. The number of hydrogen-bond donors (Lipinski definition) is 1. The highest BCUT2D eigenvalue weighted by atomic mass is 16.5. The average Bonchev–Trinajstić information content (AvgIpc) is 2.66. The number of likely N-dealkylation sites (N-methyl/N-ethyl adjacent to an activating group) is 1. The first-order chi connectivity index (χ1) is 7.36. The summed E-state index contributed by atoms with van der Waals surface area (Å²) in [5.74, 6) is 0. The van der Waals surface area contributed by atoms with Crippen LogP contribution in [0.3, 0.4) is 0 Å². The van der Waals surface area contributed by atoms with Crippen LogP contribution in [0.25, 0.3) is 0 Å². The lowest BCUT2D eigenvalue weighted by Crippen LogP contribution is -2.25. The first-order valence-electron chi connectivity index (χ1n) is 6.24. The molecule has 0 aromatic rings. The SMILES string of the molecule is CCCCCOCC1CCC(CNC)O1. The average molecular weight is 215 g/mol. The van der Waals surface area contributed by atoms with Crippen molar-refractivity contribution in [2.45, 2.75) is 51.2 Å². The maximum atomic E-state index is 5.82. The third kappa shape index (κ3) is 5.50. The molecule has 1 saturated heterocycles. The molecule has 2 unspecified atom stereocenters. The summed E-state index contributed by atoms with van der Waals surface area (Å²) in [7, 11) is 1.97. The van der Waals surface area contributed by atoms with Crippen LogP contribution in [0.2, 0.25) is 0 Å². The fourth-order valence-electron chi connectivity index (χ4n) is 1.95. The molecule has 0 radical (unpaired) electrons. The Labute approximate surface area is 93.5 Å². The van der Waals surface area contributed by atoms with Gasteiger partial charge in [-0.3, -0.25) is 0 Å². The molecule has 0 bridgehead atoms. The molecule has 90 valence electrons. The van der Waals surface area contributed by atoms with E-state index in [9.17, 15) is 0 Å². The van der Waals surface area contributed by atoms with Crippen molar-refractivity contribution in [2.24, 2.45) is 0 Å². The van der Waals surface area contributed by atoms with Gasteiger partial charge in [0.25, 0.3) is 0 Å². The van der Waals surface area contributed by atoms with Gasteiger partial charge >= 0.3 is 0 Å². The van der Waals surface area contributed by atoms with Gasteiger partial charge in [0, 0.05) is 13.2 Å². The second-order valence-corrected chi connectivity index (χ2v) is 4.30. The fourth-order valence-corrected chi connectivity index (χ4v) is 1.95. The first-order valence-corrected chi connectivity index (χ1v) is 6.24. The summed E-state index contributed by atoms with van der Waals surface area (Å²) in [6.07, 6.45) is 6.78. The second kappa shape index (κ2) is 8.08. The molecule has 1 N–H and O–H groups in total. The normalized spacial score (nSPS) is 26.0. The minimum absolute atomic E-state index is 0.338. The van der Waals surface area contributed by atoms with E-state index in [1.165, 1.54) is 25.7 Å². The molecule has 0 aromatic heterocycles.